The summed E-state index contributed by atoms with van der Waals surface area (Å²) in [4.78, 5) is 5.58. The van der Waals surface area contributed by atoms with Crippen molar-refractivity contribution in [1.29, 1.82) is 0 Å². The topological polar surface area (TPSA) is 40.5 Å². The van der Waals surface area contributed by atoms with Crippen molar-refractivity contribution < 1.29 is 4.39 Å². The van der Waals surface area contributed by atoms with E-state index in [9.17, 15) is 4.39 Å². The van der Waals surface area contributed by atoms with Crippen molar-refractivity contribution in [2.75, 3.05) is 24.7 Å². The summed E-state index contributed by atoms with van der Waals surface area (Å²) in [6.45, 7) is 5.06. The van der Waals surface area contributed by atoms with Gasteiger partial charge < -0.3 is 5.32 Å². The summed E-state index contributed by atoms with van der Waals surface area (Å²) in [7, 11) is 1.90. The molecule has 2 heterocycles. The summed E-state index contributed by atoms with van der Waals surface area (Å²) in [5.41, 5.74) is 2.99. The van der Waals surface area contributed by atoms with E-state index in [2.05, 4.69) is 30.2 Å². The fourth-order valence-electron chi connectivity index (χ4n) is 2.83. The molecule has 132 valence electrons. The van der Waals surface area contributed by atoms with Crippen LogP contribution >= 0.6 is 10.7 Å². The zero-order chi connectivity index (χ0) is 17.8. The zero-order valence-corrected chi connectivity index (χ0v) is 15.6. The maximum Gasteiger partial charge on any atom is 0.126 e. The predicted molar refractivity (Wildman–Crippen MR) is 106 cm³/mol. The quantitative estimate of drug-likeness (QED) is 0.790. The molecule has 1 atom stereocenters. The van der Waals surface area contributed by atoms with E-state index in [1.54, 1.807) is 12.1 Å². The highest BCUT2D eigenvalue weighted by Gasteiger charge is 2.25. The predicted octanol–water partition coefficient (Wildman–Crippen LogP) is 4.12. The Morgan fingerprint density at radius 3 is 2.56 bits per heavy atom. The average Bonchev–Trinajstić information content (AvgIpc) is 2.93. The van der Waals surface area contributed by atoms with E-state index in [-0.39, 0.29) is 16.5 Å². The molecule has 25 heavy (non-hydrogen) atoms. The van der Waals surface area contributed by atoms with Crippen LogP contribution in [0.3, 0.4) is 0 Å². The first-order valence-corrected chi connectivity index (χ1v) is 9.86. The summed E-state index contributed by atoms with van der Waals surface area (Å²) in [5.74, 6) is 1.67. The van der Waals surface area contributed by atoms with Crippen LogP contribution in [0.1, 0.15) is 31.4 Å². The van der Waals surface area contributed by atoms with Crippen LogP contribution in [0.25, 0.3) is 0 Å². The fraction of sp³-hybridized carbons (Fsp3) is 0.316. The minimum absolute atomic E-state index is 0.112. The molecule has 0 aliphatic carbocycles. The van der Waals surface area contributed by atoms with Gasteiger partial charge in [-0.3, -0.25) is 0 Å². The number of aromatic nitrogens is 1. The SMILES string of the molecule is CCCS1=C(c2ccnc(NCC)c2)C(c2ccc(F)cc2)=NN1C. The molecule has 0 spiro atoms. The van der Waals surface area contributed by atoms with E-state index in [4.69, 9.17) is 5.10 Å². The van der Waals surface area contributed by atoms with E-state index >= 15 is 0 Å². The van der Waals surface area contributed by atoms with Crippen LogP contribution in [-0.4, -0.2) is 39.3 Å². The smallest absolute Gasteiger partial charge is 0.126 e. The Hall–Kier alpha value is -2.21. The number of halogens is 1. The van der Waals surface area contributed by atoms with Crippen molar-refractivity contribution >= 4 is 27.1 Å². The summed E-state index contributed by atoms with van der Waals surface area (Å²) >= 11 is 0. The highest BCUT2D eigenvalue weighted by molar-refractivity contribution is 8.15. The third kappa shape index (κ3) is 3.74. The molecule has 1 aliphatic heterocycles. The van der Waals surface area contributed by atoms with Gasteiger partial charge in [0.15, 0.2) is 0 Å². The van der Waals surface area contributed by atoms with Crippen LogP contribution < -0.4 is 5.32 Å². The molecule has 0 fully saturated rings. The van der Waals surface area contributed by atoms with Gasteiger partial charge in [0.25, 0.3) is 0 Å². The molecule has 0 saturated carbocycles. The van der Waals surface area contributed by atoms with Crippen LogP contribution in [-0.2, 0) is 0 Å². The summed E-state index contributed by atoms with van der Waals surface area (Å²) in [6, 6.07) is 10.7. The lowest BCUT2D eigenvalue weighted by Gasteiger charge is -2.15. The lowest BCUT2D eigenvalue weighted by atomic mass is 10.0. The molecular weight excluding hydrogens is 335 g/mol. The zero-order valence-electron chi connectivity index (χ0n) is 14.8. The molecule has 0 saturated heterocycles. The van der Waals surface area contributed by atoms with E-state index < -0.39 is 0 Å². The van der Waals surface area contributed by atoms with Crippen LogP contribution in [0.4, 0.5) is 10.2 Å². The van der Waals surface area contributed by atoms with Crippen LogP contribution in [0, 0.1) is 5.82 Å². The van der Waals surface area contributed by atoms with Crippen molar-refractivity contribution in [3.63, 3.8) is 0 Å². The number of nitrogens with zero attached hydrogens (tertiary/aromatic N) is 3. The molecule has 6 heteroatoms. The highest BCUT2D eigenvalue weighted by Crippen LogP contribution is 2.33. The number of hydrogen-bond donors (Lipinski definition) is 1. The maximum absolute atomic E-state index is 13.3. The molecule has 0 amide bonds. The van der Waals surface area contributed by atoms with Gasteiger partial charge in [-0.05, 0) is 55.3 Å². The van der Waals surface area contributed by atoms with Crippen molar-refractivity contribution in [2.24, 2.45) is 5.10 Å². The van der Waals surface area contributed by atoms with Gasteiger partial charge in [0.1, 0.15) is 17.3 Å². The largest absolute Gasteiger partial charge is 0.370 e. The number of pyridine rings is 1. The summed E-state index contributed by atoms with van der Waals surface area (Å²) in [6.07, 6.45) is 2.91. The molecule has 4 nitrogen and oxygen atoms in total. The second kappa shape index (κ2) is 7.78. The van der Waals surface area contributed by atoms with Gasteiger partial charge in [-0.25, -0.2) is 13.8 Å². The molecule has 3 rings (SSSR count). The Morgan fingerprint density at radius 2 is 1.88 bits per heavy atom. The second-order valence-electron chi connectivity index (χ2n) is 5.78. The van der Waals surface area contributed by atoms with Gasteiger partial charge in [-0.1, -0.05) is 17.6 Å². The lowest BCUT2D eigenvalue weighted by Crippen LogP contribution is -2.15. The van der Waals surface area contributed by atoms with Gasteiger partial charge in [0.05, 0.1) is 4.86 Å². The van der Waals surface area contributed by atoms with E-state index in [1.165, 1.54) is 17.0 Å². The van der Waals surface area contributed by atoms with E-state index in [0.717, 1.165) is 41.4 Å². The van der Waals surface area contributed by atoms with Crippen molar-refractivity contribution in [3.8, 4) is 0 Å². The summed E-state index contributed by atoms with van der Waals surface area (Å²) < 4.78 is 15.4. The fourth-order valence-corrected chi connectivity index (χ4v) is 4.91. The van der Waals surface area contributed by atoms with Gasteiger partial charge in [0, 0.05) is 31.1 Å². The second-order valence-corrected chi connectivity index (χ2v) is 7.85. The monoisotopic (exact) mass is 358 g/mol. The molecule has 0 radical (unpaired) electrons. The molecule has 1 aromatic heterocycles. The molecule has 1 aromatic carbocycles. The van der Waals surface area contributed by atoms with Gasteiger partial charge in [-0.15, -0.1) is 0 Å². The third-order valence-electron chi connectivity index (χ3n) is 3.91. The van der Waals surface area contributed by atoms with Gasteiger partial charge in [-0.2, -0.15) is 5.10 Å². The number of hydrogen-bond acceptors (Lipinski definition) is 4. The van der Waals surface area contributed by atoms with Crippen molar-refractivity contribution in [3.05, 3.63) is 59.5 Å². The Morgan fingerprint density at radius 1 is 1.12 bits per heavy atom. The number of nitrogens with one attached hydrogen (secondary N) is 1. The Bertz CT molecular complexity index is 814. The van der Waals surface area contributed by atoms with E-state index in [0.29, 0.717) is 0 Å². The number of hydrazone groups is 1. The van der Waals surface area contributed by atoms with Crippen LogP contribution in [0.15, 0.2) is 47.7 Å². The Labute approximate surface area is 150 Å². The first-order chi connectivity index (χ1) is 12.1. The Kier molecular flexibility index (Phi) is 5.48. The average molecular weight is 358 g/mol. The van der Waals surface area contributed by atoms with Gasteiger partial charge >= 0.3 is 0 Å². The lowest BCUT2D eigenvalue weighted by molar-refractivity contribution is 0.617. The molecule has 1 aliphatic rings. The molecular formula is C19H23FN4S. The molecule has 1 unspecified atom stereocenters. The maximum atomic E-state index is 13.3. The number of benzene rings is 1. The summed E-state index contributed by atoms with van der Waals surface area (Å²) in [5, 5.41) is 8.05. The number of rotatable bonds is 6. The van der Waals surface area contributed by atoms with Crippen LogP contribution in [0.2, 0.25) is 0 Å². The van der Waals surface area contributed by atoms with Crippen molar-refractivity contribution in [1.82, 2.24) is 9.40 Å². The van der Waals surface area contributed by atoms with E-state index in [1.807, 2.05) is 23.7 Å². The van der Waals surface area contributed by atoms with Crippen molar-refractivity contribution in [2.45, 2.75) is 20.3 Å². The normalized spacial score (nSPS) is 17.0. The molecule has 0 bridgehead atoms. The standard InChI is InChI=1S/C19H23FN4S/c1-4-12-25-19(15-10-11-22-17(13-15)21-5-2)18(23-24(25)3)14-6-8-16(20)9-7-14/h6-11,13H,4-5,12H2,1-3H3,(H,21,22). The first kappa shape index (κ1) is 17.6. The number of anilines is 1. The highest BCUT2D eigenvalue weighted by atomic mass is 32.2. The van der Waals surface area contributed by atoms with Crippen LogP contribution in [0.5, 0.6) is 0 Å². The molecule has 1 N–H and O–H groups in total. The molecule has 2 aromatic rings. The van der Waals surface area contributed by atoms with Gasteiger partial charge in [0.2, 0.25) is 0 Å². The minimum Gasteiger partial charge on any atom is -0.370 e. The Balaban J connectivity index is 2.10. The first-order valence-electron chi connectivity index (χ1n) is 8.51. The minimum atomic E-state index is -0.233. The third-order valence-corrected chi connectivity index (χ3v) is 6.32.